The second kappa shape index (κ2) is 6.04. The number of aromatic nitrogens is 2. The van der Waals surface area contributed by atoms with Crippen LogP contribution in [-0.2, 0) is 13.1 Å². The van der Waals surface area contributed by atoms with Crippen LogP contribution in [-0.4, -0.2) is 16.3 Å². The number of aryl methyl sites for hydroxylation is 1. The van der Waals surface area contributed by atoms with Gasteiger partial charge in [-0.1, -0.05) is 27.7 Å². The van der Waals surface area contributed by atoms with Crippen LogP contribution in [0.4, 0.5) is 0 Å². The van der Waals surface area contributed by atoms with Gasteiger partial charge in [0.2, 0.25) is 0 Å². The monoisotopic (exact) mass is 223 g/mol. The van der Waals surface area contributed by atoms with Crippen molar-refractivity contribution >= 4 is 0 Å². The van der Waals surface area contributed by atoms with Crippen molar-refractivity contribution in [3.8, 4) is 0 Å². The average Bonchev–Trinajstić information content (AvgIpc) is 2.60. The van der Waals surface area contributed by atoms with E-state index in [1.807, 2.05) is 6.20 Å². The molecule has 1 heterocycles. The highest BCUT2D eigenvalue weighted by molar-refractivity contribution is 5.20. The Labute approximate surface area is 99.2 Å². The summed E-state index contributed by atoms with van der Waals surface area (Å²) in [7, 11) is 0. The Kier molecular flexibility index (Phi) is 5.00. The second-order valence-electron chi connectivity index (χ2n) is 5.05. The minimum Gasteiger partial charge on any atom is -0.312 e. The van der Waals surface area contributed by atoms with Crippen LogP contribution in [0.1, 0.15) is 51.8 Å². The molecule has 0 saturated heterocycles. The third kappa shape index (κ3) is 3.34. The van der Waals surface area contributed by atoms with Crippen LogP contribution in [0.2, 0.25) is 0 Å². The molecule has 0 aliphatic rings. The van der Waals surface area contributed by atoms with Crippen molar-refractivity contribution in [1.29, 1.82) is 0 Å². The normalized spacial score (nSPS) is 11.7. The molecule has 0 aliphatic carbocycles. The summed E-state index contributed by atoms with van der Waals surface area (Å²) in [5, 5.41) is 7.91. The zero-order chi connectivity index (χ0) is 12.1. The minimum absolute atomic E-state index is 0.540. The molecule has 0 fully saturated rings. The maximum Gasteiger partial charge on any atom is 0.0537 e. The van der Waals surface area contributed by atoms with Gasteiger partial charge in [0.25, 0.3) is 0 Å². The van der Waals surface area contributed by atoms with E-state index in [9.17, 15) is 0 Å². The number of hydrogen-bond donors (Lipinski definition) is 1. The van der Waals surface area contributed by atoms with Gasteiger partial charge in [0.1, 0.15) is 0 Å². The highest BCUT2D eigenvalue weighted by Gasteiger charge is 2.12. The highest BCUT2D eigenvalue weighted by Crippen LogP contribution is 2.19. The van der Waals surface area contributed by atoms with Gasteiger partial charge in [-0.2, -0.15) is 5.10 Å². The van der Waals surface area contributed by atoms with Crippen LogP contribution in [0, 0.1) is 5.92 Å². The first-order valence-corrected chi connectivity index (χ1v) is 6.31. The third-order valence-electron chi connectivity index (χ3n) is 2.67. The van der Waals surface area contributed by atoms with E-state index >= 15 is 0 Å². The molecule has 0 atom stereocenters. The Bertz CT molecular complexity index is 313. The largest absolute Gasteiger partial charge is 0.312 e. The van der Waals surface area contributed by atoms with Crippen LogP contribution >= 0.6 is 0 Å². The fourth-order valence-corrected chi connectivity index (χ4v) is 1.99. The van der Waals surface area contributed by atoms with Crippen LogP contribution < -0.4 is 5.32 Å². The van der Waals surface area contributed by atoms with Gasteiger partial charge in [-0.05, 0) is 25.3 Å². The molecule has 1 rings (SSSR count). The predicted molar refractivity (Wildman–Crippen MR) is 68.5 cm³/mol. The molecular weight excluding hydrogens is 198 g/mol. The molecule has 3 heteroatoms. The van der Waals surface area contributed by atoms with E-state index < -0.39 is 0 Å². The van der Waals surface area contributed by atoms with Crippen LogP contribution in [0.5, 0.6) is 0 Å². The standard InChI is InChI=1S/C13H25N3/c1-6-16-13(11(4)5)12(9-15-16)8-14-7-10(2)3/h9-11,14H,6-8H2,1-5H3. The number of hydrogen-bond acceptors (Lipinski definition) is 2. The smallest absolute Gasteiger partial charge is 0.0537 e. The SMILES string of the molecule is CCn1ncc(CNCC(C)C)c1C(C)C. The molecule has 0 saturated carbocycles. The minimum atomic E-state index is 0.540. The molecule has 1 aromatic rings. The van der Waals surface area contributed by atoms with E-state index in [2.05, 4.69) is 49.7 Å². The summed E-state index contributed by atoms with van der Waals surface area (Å²) >= 11 is 0. The molecule has 0 spiro atoms. The number of nitrogens with one attached hydrogen (secondary N) is 1. The van der Waals surface area contributed by atoms with E-state index in [0.29, 0.717) is 11.8 Å². The molecule has 92 valence electrons. The lowest BCUT2D eigenvalue weighted by Gasteiger charge is -2.12. The molecule has 0 aliphatic heterocycles. The van der Waals surface area contributed by atoms with E-state index in [1.165, 1.54) is 11.3 Å². The van der Waals surface area contributed by atoms with Gasteiger partial charge in [0.15, 0.2) is 0 Å². The summed E-state index contributed by atoms with van der Waals surface area (Å²) in [5.74, 6) is 1.24. The topological polar surface area (TPSA) is 29.9 Å². The van der Waals surface area contributed by atoms with Crippen LogP contribution in [0.15, 0.2) is 6.20 Å². The van der Waals surface area contributed by atoms with E-state index in [4.69, 9.17) is 0 Å². The van der Waals surface area contributed by atoms with E-state index in [-0.39, 0.29) is 0 Å². The van der Waals surface area contributed by atoms with Crippen molar-refractivity contribution in [2.24, 2.45) is 5.92 Å². The lowest BCUT2D eigenvalue weighted by Crippen LogP contribution is -2.20. The van der Waals surface area contributed by atoms with Crippen molar-refractivity contribution in [3.05, 3.63) is 17.5 Å². The second-order valence-corrected chi connectivity index (χ2v) is 5.05. The molecule has 0 aromatic carbocycles. The maximum atomic E-state index is 4.43. The number of rotatable bonds is 6. The lowest BCUT2D eigenvalue weighted by atomic mass is 10.1. The molecule has 0 bridgehead atoms. The van der Waals surface area contributed by atoms with Gasteiger partial charge < -0.3 is 5.32 Å². The summed E-state index contributed by atoms with van der Waals surface area (Å²) in [4.78, 5) is 0. The molecule has 1 aromatic heterocycles. The number of nitrogens with zero attached hydrogens (tertiary/aromatic N) is 2. The van der Waals surface area contributed by atoms with Gasteiger partial charge in [0, 0.05) is 24.3 Å². The maximum absolute atomic E-state index is 4.43. The van der Waals surface area contributed by atoms with Gasteiger partial charge >= 0.3 is 0 Å². The molecule has 1 N–H and O–H groups in total. The first-order valence-electron chi connectivity index (χ1n) is 6.31. The molecular formula is C13H25N3. The molecule has 3 nitrogen and oxygen atoms in total. The summed E-state index contributed by atoms with van der Waals surface area (Å²) in [5.41, 5.74) is 2.72. The molecule has 0 amide bonds. The first-order chi connectivity index (χ1) is 7.56. The average molecular weight is 223 g/mol. The molecule has 16 heavy (non-hydrogen) atoms. The zero-order valence-electron chi connectivity index (χ0n) is 11.2. The van der Waals surface area contributed by atoms with Gasteiger partial charge in [-0.25, -0.2) is 0 Å². The van der Waals surface area contributed by atoms with Gasteiger partial charge in [0.05, 0.1) is 6.20 Å². The quantitative estimate of drug-likeness (QED) is 0.803. The van der Waals surface area contributed by atoms with Gasteiger partial charge in [-0.15, -0.1) is 0 Å². The fourth-order valence-electron chi connectivity index (χ4n) is 1.99. The van der Waals surface area contributed by atoms with Crippen molar-refractivity contribution in [3.63, 3.8) is 0 Å². The van der Waals surface area contributed by atoms with Crippen molar-refractivity contribution in [2.45, 2.75) is 53.6 Å². The molecule has 0 radical (unpaired) electrons. The Morgan fingerprint density at radius 3 is 2.50 bits per heavy atom. The first kappa shape index (κ1) is 13.2. The van der Waals surface area contributed by atoms with Crippen molar-refractivity contribution < 1.29 is 0 Å². The Morgan fingerprint density at radius 1 is 1.31 bits per heavy atom. The fraction of sp³-hybridized carbons (Fsp3) is 0.769. The van der Waals surface area contributed by atoms with Crippen molar-refractivity contribution in [1.82, 2.24) is 15.1 Å². The summed E-state index contributed by atoms with van der Waals surface area (Å²) in [6, 6.07) is 0. The Balaban J connectivity index is 2.68. The Hall–Kier alpha value is -0.830. The van der Waals surface area contributed by atoms with E-state index in [1.54, 1.807) is 0 Å². The van der Waals surface area contributed by atoms with E-state index in [0.717, 1.165) is 19.6 Å². The summed E-state index contributed by atoms with van der Waals surface area (Å²) in [6.07, 6.45) is 2.01. The lowest BCUT2D eigenvalue weighted by molar-refractivity contribution is 0.545. The van der Waals surface area contributed by atoms with Crippen LogP contribution in [0.3, 0.4) is 0 Å². The highest BCUT2D eigenvalue weighted by atomic mass is 15.3. The van der Waals surface area contributed by atoms with Crippen molar-refractivity contribution in [2.75, 3.05) is 6.54 Å². The molecule has 0 unspecified atom stereocenters. The summed E-state index contributed by atoms with van der Waals surface area (Å²) < 4.78 is 2.11. The third-order valence-corrected chi connectivity index (χ3v) is 2.67. The van der Waals surface area contributed by atoms with Gasteiger partial charge in [-0.3, -0.25) is 4.68 Å². The zero-order valence-corrected chi connectivity index (χ0v) is 11.2. The predicted octanol–water partition coefficient (Wildman–Crippen LogP) is 2.77. The summed E-state index contributed by atoms with van der Waals surface area (Å²) in [6.45, 7) is 14.0. The Morgan fingerprint density at radius 2 is 2.00 bits per heavy atom. The van der Waals surface area contributed by atoms with Crippen LogP contribution in [0.25, 0.3) is 0 Å².